The van der Waals surface area contributed by atoms with Crippen molar-refractivity contribution in [3.05, 3.63) is 35.4 Å². The molecule has 1 unspecified atom stereocenters. The lowest BCUT2D eigenvalue weighted by Gasteiger charge is -2.15. The highest BCUT2D eigenvalue weighted by atomic mass is 16.2. The lowest BCUT2D eigenvalue weighted by atomic mass is 10.1. The van der Waals surface area contributed by atoms with Crippen LogP contribution in [0.1, 0.15) is 37.4 Å². The molecule has 4 nitrogen and oxygen atoms in total. The van der Waals surface area contributed by atoms with Crippen molar-refractivity contribution >= 4 is 6.03 Å². The van der Waals surface area contributed by atoms with Crippen LogP contribution in [0.5, 0.6) is 0 Å². The van der Waals surface area contributed by atoms with Crippen LogP contribution in [-0.2, 0) is 0 Å². The summed E-state index contributed by atoms with van der Waals surface area (Å²) in [5, 5.41) is 5.68. The Labute approximate surface area is 114 Å². The zero-order chi connectivity index (χ0) is 14.1. The second kappa shape index (κ2) is 8.17. The molecule has 1 atom stereocenters. The Hall–Kier alpha value is -1.99. The fourth-order valence-electron chi connectivity index (χ4n) is 1.61. The standard InChI is InChI=1S/C15H21N3O/c1-3-10-17-15(19)18-12(2)14-8-4-6-13(11-14)7-5-9-16/h4,6,8,11-12H,3,9-10,16H2,1-2H3,(H2,17,18,19). The molecular formula is C15H21N3O. The van der Waals surface area contributed by atoms with E-state index in [9.17, 15) is 4.79 Å². The topological polar surface area (TPSA) is 67.2 Å². The number of carbonyl (C=O) groups is 1. The van der Waals surface area contributed by atoms with Gasteiger partial charge in [0.1, 0.15) is 0 Å². The Balaban J connectivity index is 2.66. The summed E-state index contributed by atoms with van der Waals surface area (Å²) in [5.74, 6) is 5.80. The minimum atomic E-state index is -0.146. The molecule has 102 valence electrons. The van der Waals surface area contributed by atoms with Gasteiger partial charge in [0.25, 0.3) is 0 Å². The summed E-state index contributed by atoms with van der Waals surface area (Å²) < 4.78 is 0. The van der Waals surface area contributed by atoms with Crippen LogP contribution < -0.4 is 16.4 Å². The molecule has 0 saturated heterocycles. The molecule has 2 amide bonds. The number of benzene rings is 1. The van der Waals surface area contributed by atoms with Crippen LogP contribution in [-0.4, -0.2) is 19.1 Å². The summed E-state index contributed by atoms with van der Waals surface area (Å²) in [5.41, 5.74) is 7.28. The van der Waals surface area contributed by atoms with Crippen molar-refractivity contribution in [1.29, 1.82) is 0 Å². The van der Waals surface area contributed by atoms with Gasteiger partial charge in [-0.3, -0.25) is 0 Å². The minimum absolute atomic E-state index is 0.0588. The van der Waals surface area contributed by atoms with E-state index in [-0.39, 0.29) is 12.1 Å². The van der Waals surface area contributed by atoms with Gasteiger partial charge in [-0.2, -0.15) is 0 Å². The highest BCUT2D eigenvalue weighted by Gasteiger charge is 2.08. The van der Waals surface area contributed by atoms with Gasteiger partial charge < -0.3 is 16.4 Å². The largest absolute Gasteiger partial charge is 0.338 e. The third-order valence-electron chi connectivity index (χ3n) is 2.60. The minimum Gasteiger partial charge on any atom is -0.338 e. The molecule has 0 aliphatic heterocycles. The maximum absolute atomic E-state index is 11.6. The number of nitrogens with two attached hydrogens (primary N) is 1. The molecule has 1 aromatic rings. The second-order valence-corrected chi connectivity index (χ2v) is 4.25. The summed E-state index contributed by atoms with van der Waals surface area (Å²) >= 11 is 0. The third kappa shape index (κ3) is 5.45. The summed E-state index contributed by atoms with van der Waals surface area (Å²) in [6.07, 6.45) is 0.923. The van der Waals surface area contributed by atoms with E-state index in [0.29, 0.717) is 13.1 Å². The van der Waals surface area contributed by atoms with Gasteiger partial charge in [0, 0.05) is 12.1 Å². The zero-order valence-electron chi connectivity index (χ0n) is 11.5. The first-order chi connectivity index (χ1) is 9.17. The molecule has 0 fully saturated rings. The van der Waals surface area contributed by atoms with Crippen molar-refractivity contribution in [1.82, 2.24) is 10.6 Å². The molecule has 0 aromatic heterocycles. The van der Waals surface area contributed by atoms with Crippen LogP contribution in [0, 0.1) is 11.8 Å². The van der Waals surface area contributed by atoms with Gasteiger partial charge in [-0.15, -0.1) is 0 Å². The number of hydrogen-bond acceptors (Lipinski definition) is 2. The summed E-state index contributed by atoms with van der Waals surface area (Å²) in [6.45, 7) is 4.99. The molecule has 0 heterocycles. The maximum Gasteiger partial charge on any atom is 0.315 e. The van der Waals surface area contributed by atoms with Crippen molar-refractivity contribution in [2.75, 3.05) is 13.1 Å². The van der Waals surface area contributed by atoms with Gasteiger partial charge in [-0.05, 0) is 31.0 Å². The molecule has 19 heavy (non-hydrogen) atoms. The third-order valence-corrected chi connectivity index (χ3v) is 2.60. The number of carbonyl (C=O) groups excluding carboxylic acids is 1. The zero-order valence-corrected chi connectivity index (χ0v) is 11.5. The number of amides is 2. The average molecular weight is 259 g/mol. The van der Waals surface area contributed by atoms with Gasteiger partial charge in [0.15, 0.2) is 0 Å². The fraction of sp³-hybridized carbons (Fsp3) is 0.400. The number of nitrogens with one attached hydrogen (secondary N) is 2. The Kier molecular flexibility index (Phi) is 6.48. The van der Waals surface area contributed by atoms with E-state index < -0.39 is 0 Å². The Morgan fingerprint density at radius 3 is 2.95 bits per heavy atom. The van der Waals surface area contributed by atoms with Gasteiger partial charge in [0.2, 0.25) is 0 Å². The van der Waals surface area contributed by atoms with E-state index in [0.717, 1.165) is 17.5 Å². The van der Waals surface area contributed by atoms with Gasteiger partial charge in [-0.25, -0.2) is 4.79 Å². The summed E-state index contributed by atoms with van der Waals surface area (Å²) in [7, 11) is 0. The summed E-state index contributed by atoms with van der Waals surface area (Å²) in [6, 6.07) is 7.59. The molecular weight excluding hydrogens is 238 g/mol. The highest BCUT2D eigenvalue weighted by molar-refractivity contribution is 5.74. The summed E-state index contributed by atoms with van der Waals surface area (Å²) in [4.78, 5) is 11.6. The molecule has 1 rings (SSSR count). The number of urea groups is 1. The second-order valence-electron chi connectivity index (χ2n) is 4.25. The molecule has 1 aromatic carbocycles. The quantitative estimate of drug-likeness (QED) is 0.721. The van der Waals surface area contributed by atoms with Crippen molar-refractivity contribution in [3.63, 3.8) is 0 Å². The van der Waals surface area contributed by atoms with E-state index in [2.05, 4.69) is 22.5 Å². The average Bonchev–Trinajstić information content (AvgIpc) is 2.43. The monoisotopic (exact) mass is 259 g/mol. The first-order valence-corrected chi connectivity index (χ1v) is 6.50. The van der Waals surface area contributed by atoms with Gasteiger partial charge in [-0.1, -0.05) is 30.9 Å². The fourth-order valence-corrected chi connectivity index (χ4v) is 1.61. The lowest BCUT2D eigenvalue weighted by molar-refractivity contribution is 0.238. The highest BCUT2D eigenvalue weighted by Crippen LogP contribution is 2.13. The van der Waals surface area contributed by atoms with E-state index in [1.165, 1.54) is 0 Å². The van der Waals surface area contributed by atoms with Crippen LogP contribution in [0.25, 0.3) is 0 Å². The predicted molar refractivity (Wildman–Crippen MR) is 77.6 cm³/mol. The van der Waals surface area contributed by atoms with E-state index in [1.54, 1.807) is 0 Å². The maximum atomic E-state index is 11.6. The SMILES string of the molecule is CCCNC(=O)NC(C)c1cccc(C#CCN)c1. The smallest absolute Gasteiger partial charge is 0.315 e. The molecule has 0 saturated carbocycles. The van der Waals surface area contributed by atoms with Crippen LogP contribution in [0.4, 0.5) is 4.79 Å². The molecule has 0 radical (unpaired) electrons. The molecule has 4 heteroatoms. The lowest BCUT2D eigenvalue weighted by Crippen LogP contribution is -2.37. The van der Waals surface area contributed by atoms with Crippen molar-refractivity contribution in [3.8, 4) is 11.8 Å². The molecule has 0 aliphatic rings. The Morgan fingerprint density at radius 2 is 2.26 bits per heavy atom. The van der Waals surface area contributed by atoms with Crippen molar-refractivity contribution in [2.45, 2.75) is 26.3 Å². The molecule has 0 bridgehead atoms. The number of hydrogen-bond donors (Lipinski definition) is 3. The number of rotatable bonds is 4. The first kappa shape index (κ1) is 15.1. The van der Waals surface area contributed by atoms with E-state index >= 15 is 0 Å². The van der Waals surface area contributed by atoms with Crippen LogP contribution >= 0.6 is 0 Å². The molecule has 0 aliphatic carbocycles. The van der Waals surface area contributed by atoms with E-state index in [1.807, 2.05) is 38.1 Å². The van der Waals surface area contributed by atoms with Crippen molar-refractivity contribution < 1.29 is 4.79 Å². The first-order valence-electron chi connectivity index (χ1n) is 6.50. The van der Waals surface area contributed by atoms with Crippen LogP contribution in [0.3, 0.4) is 0 Å². The van der Waals surface area contributed by atoms with Crippen LogP contribution in [0.15, 0.2) is 24.3 Å². The van der Waals surface area contributed by atoms with E-state index in [4.69, 9.17) is 5.73 Å². The van der Waals surface area contributed by atoms with Crippen LogP contribution in [0.2, 0.25) is 0 Å². The molecule has 0 spiro atoms. The Morgan fingerprint density at radius 1 is 1.47 bits per heavy atom. The van der Waals surface area contributed by atoms with Gasteiger partial charge in [0.05, 0.1) is 12.6 Å². The van der Waals surface area contributed by atoms with Gasteiger partial charge >= 0.3 is 6.03 Å². The molecule has 4 N–H and O–H groups in total. The normalized spacial score (nSPS) is 11.1. The predicted octanol–water partition coefficient (Wildman–Crippen LogP) is 1.77. The van der Waals surface area contributed by atoms with Crippen molar-refractivity contribution in [2.24, 2.45) is 5.73 Å². The Bertz CT molecular complexity index is 474.